The Morgan fingerprint density at radius 2 is 2.08 bits per heavy atom. The number of nitrogens with two attached hydrogens (primary N) is 1. The Morgan fingerprint density at radius 3 is 2.69 bits per heavy atom. The van der Waals surface area contributed by atoms with Gasteiger partial charge in [-0.05, 0) is 41.5 Å². The molecule has 4 N–H and O–H groups in total. The van der Waals surface area contributed by atoms with Crippen molar-refractivity contribution in [2.24, 2.45) is 0 Å². The second-order valence-corrected chi connectivity index (χ2v) is 10.6. The number of aromatic nitrogens is 2. The van der Waals surface area contributed by atoms with Crippen molar-refractivity contribution in [1.82, 2.24) is 14.9 Å². The van der Waals surface area contributed by atoms with Crippen LogP contribution in [0.5, 0.6) is 0 Å². The fourth-order valence-corrected chi connectivity index (χ4v) is 6.23. The van der Waals surface area contributed by atoms with Crippen LogP contribution in [0.4, 0.5) is 16.0 Å². The monoisotopic (exact) mass is 532 g/mol. The van der Waals surface area contributed by atoms with E-state index in [9.17, 15) is 23.5 Å². The van der Waals surface area contributed by atoms with Crippen LogP contribution in [-0.4, -0.2) is 73.3 Å². The van der Waals surface area contributed by atoms with Crippen LogP contribution in [0.25, 0.3) is 10.8 Å². The molecule has 0 bridgehead atoms. The number of likely N-dealkylation sites (tertiary alicyclic amines) is 1. The minimum atomic E-state index is -2.49. The minimum Gasteiger partial charge on any atom is -0.480 e. The molecule has 1 aliphatic rings. The van der Waals surface area contributed by atoms with Gasteiger partial charge in [-0.15, -0.1) is 0 Å². The van der Waals surface area contributed by atoms with Gasteiger partial charge in [-0.1, -0.05) is 24.3 Å². The van der Waals surface area contributed by atoms with Gasteiger partial charge in [0.2, 0.25) is 5.91 Å². The van der Waals surface area contributed by atoms with Crippen molar-refractivity contribution in [3.8, 4) is 0 Å². The standard InChI is InChI=1S/C23H28N6O5S2/c1-4-13-10-16-14(5-7-25-20(16)24)9-15(13)11-18(22(31)32)28-8-6-17(21(28)30)29(36(33)34)19-12-26-23(35-19)27(2)3/h5,7,9-10,12,17-18H,4,6,8,11H2,1-3H3,(H2,24,25)(H,31,32)(H,33,34)/t17-,18+/m0/s1. The van der Waals surface area contributed by atoms with E-state index in [1.807, 2.05) is 25.1 Å². The van der Waals surface area contributed by atoms with E-state index in [-0.39, 0.29) is 19.4 Å². The predicted octanol–water partition coefficient (Wildman–Crippen LogP) is 2.14. The van der Waals surface area contributed by atoms with E-state index in [2.05, 4.69) is 9.97 Å². The van der Waals surface area contributed by atoms with Crippen LogP contribution in [0.15, 0.2) is 30.6 Å². The highest BCUT2D eigenvalue weighted by Gasteiger charge is 2.44. The number of aliphatic carboxylic acids is 1. The third-order valence-electron chi connectivity index (χ3n) is 6.31. The number of nitrogens with zero attached hydrogens (tertiary/aromatic N) is 5. The van der Waals surface area contributed by atoms with Gasteiger partial charge in [0.05, 0.1) is 6.20 Å². The lowest BCUT2D eigenvalue weighted by Crippen LogP contribution is -2.48. The Morgan fingerprint density at radius 1 is 1.33 bits per heavy atom. The molecule has 1 aromatic carbocycles. The molecule has 0 spiro atoms. The van der Waals surface area contributed by atoms with Crippen LogP contribution in [-0.2, 0) is 33.7 Å². The lowest BCUT2D eigenvalue weighted by Gasteiger charge is -2.28. The molecule has 3 aromatic rings. The number of hydrogen-bond donors (Lipinski definition) is 3. The number of thiazole rings is 1. The van der Waals surface area contributed by atoms with Gasteiger partial charge in [0.25, 0.3) is 11.3 Å². The number of carbonyl (C=O) groups is 2. The second-order valence-electron chi connectivity index (χ2n) is 8.72. The quantitative estimate of drug-likeness (QED) is 0.352. The molecule has 4 rings (SSSR count). The summed E-state index contributed by atoms with van der Waals surface area (Å²) in [6.07, 6.45) is 4.01. The second kappa shape index (κ2) is 10.4. The number of nitrogen functional groups attached to an aromatic ring is 1. The molecule has 1 unspecified atom stereocenters. The Labute approximate surface area is 215 Å². The Bertz CT molecular complexity index is 1330. The molecule has 2 aromatic heterocycles. The lowest BCUT2D eigenvalue weighted by molar-refractivity contribution is -0.148. The molecular weight excluding hydrogens is 504 g/mol. The van der Waals surface area contributed by atoms with Crippen molar-refractivity contribution < 1.29 is 23.5 Å². The number of pyridine rings is 1. The van der Waals surface area contributed by atoms with Crippen LogP contribution >= 0.6 is 11.3 Å². The van der Waals surface area contributed by atoms with Gasteiger partial charge in [-0.2, -0.15) is 0 Å². The number of amides is 1. The maximum Gasteiger partial charge on any atom is 0.326 e. The largest absolute Gasteiger partial charge is 0.480 e. The van der Waals surface area contributed by atoms with Crippen molar-refractivity contribution in [3.63, 3.8) is 0 Å². The summed E-state index contributed by atoms with van der Waals surface area (Å²) in [4.78, 5) is 37.2. The number of carboxylic acids is 1. The summed E-state index contributed by atoms with van der Waals surface area (Å²) in [5.41, 5.74) is 7.75. The topological polar surface area (TPSA) is 153 Å². The molecule has 11 nitrogen and oxygen atoms in total. The molecule has 1 amide bonds. The number of anilines is 3. The highest BCUT2D eigenvalue weighted by atomic mass is 32.2. The van der Waals surface area contributed by atoms with Gasteiger partial charge in [0, 0.05) is 38.6 Å². The molecule has 0 saturated carbocycles. The first-order valence-electron chi connectivity index (χ1n) is 11.3. The number of carbonyl (C=O) groups excluding carboxylic acids is 1. The van der Waals surface area contributed by atoms with Crippen molar-refractivity contribution >= 4 is 61.2 Å². The van der Waals surface area contributed by atoms with E-state index >= 15 is 0 Å². The first-order chi connectivity index (χ1) is 17.1. The Kier molecular flexibility index (Phi) is 7.43. The number of benzene rings is 1. The van der Waals surface area contributed by atoms with E-state index in [0.717, 1.165) is 26.2 Å². The van der Waals surface area contributed by atoms with E-state index in [1.165, 1.54) is 22.4 Å². The molecule has 0 aliphatic carbocycles. The number of aryl methyl sites for hydroxylation is 1. The van der Waals surface area contributed by atoms with Crippen molar-refractivity contribution in [3.05, 3.63) is 41.7 Å². The summed E-state index contributed by atoms with van der Waals surface area (Å²) >= 11 is -1.31. The van der Waals surface area contributed by atoms with Crippen LogP contribution in [0, 0.1) is 0 Å². The summed E-state index contributed by atoms with van der Waals surface area (Å²) in [7, 11) is 3.59. The number of hydrogen-bond acceptors (Lipinski definition) is 8. The maximum absolute atomic E-state index is 13.4. The predicted molar refractivity (Wildman–Crippen MR) is 140 cm³/mol. The zero-order valence-corrected chi connectivity index (χ0v) is 21.8. The van der Waals surface area contributed by atoms with Gasteiger partial charge in [0.15, 0.2) is 5.13 Å². The molecule has 1 aliphatic heterocycles. The number of rotatable bonds is 9. The third kappa shape index (κ3) is 4.86. The summed E-state index contributed by atoms with van der Waals surface area (Å²) in [5.74, 6) is -1.24. The van der Waals surface area contributed by atoms with Crippen molar-refractivity contribution in [2.75, 3.05) is 35.6 Å². The first kappa shape index (κ1) is 25.8. The average Bonchev–Trinajstić information content (AvgIpc) is 3.45. The molecule has 1 fully saturated rings. The highest BCUT2D eigenvalue weighted by Crippen LogP contribution is 2.34. The fourth-order valence-electron chi connectivity index (χ4n) is 4.51. The summed E-state index contributed by atoms with van der Waals surface area (Å²) in [5, 5.41) is 12.7. The Hall–Kier alpha value is -3.29. The van der Waals surface area contributed by atoms with Crippen molar-refractivity contribution in [1.29, 1.82) is 0 Å². The van der Waals surface area contributed by atoms with E-state index in [1.54, 1.807) is 25.2 Å². The average molecular weight is 533 g/mol. The molecular formula is C23H28N6O5S2. The molecule has 192 valence electrons. The van der Waals surface area contributed by atoms with Crippen LogP contribution in [0.3, 0.4) is 0 Å². The third-order valence-corrected chi connectivity index (χ3v) is 8.38. The summed E-state index contributed by atoms with van der Waals surface area (Å²) in [6.45, 7) is 2.12. The molecule has 3 atom stereocenters. The fraction of sp³-hybridized carbons (Fsp3) is 0.391. The van der Waals surface area contributed by atoms with Crippen LogP contribution in [0.1, 0.15) is 24.5 Å². The molecule has 1 saturated heterocycles. The van der Waals surface area contributed by atoms with E-state index < -0.39 is 35.2 Å². The number of carboxylic acid groups (broad SMARTS) is 1. The van der Waals surface area contributed by atoms with Gasteiger partial charge >= 0.3 is 5.97 Å². The van der Waals surface area contributed by atoms with E-state index in [4.69, 9.17) is 5.73 Å². The maximum atomic E-state index is 13.4. The zero-order valence-electron chi connectivity index (χ0n) is 20.1. The zero-order chi connectivity index (χ0) is 26.1. The first-order valence-corrected chi connectivity index (χ1v) is 13.2. The normalized spacial score (nSPS) is 17.4. The molecule has 3 heterocycles. The summed E-state index contributed by atoms with van der Waals surface area (Å²) < 4.78 is 23.4. The van der Waals surface area contributed by atoms with E-state index in [0.29, 0.717) is 22.4 Å². The molecule has 36 heavy (non-hydrogen) atoms. The highest BCUT2D eigenvalue weighted by molar-refractivity contribution is 7.81. The molecule has 13 heteroatoms. The minimum absolute atomic E-state index is 0.0999. The van der Waals surface area contributed by atoms with Gasteiger partial charge < -0.3 is 20.6 Å². The van der Waals surface area contributed by atoms with Crippen molar-refractivity contribution in [2.45, 2.75) is 38.3 Å². The SMILES string of the molecule is CCc1cc2c(N)nccc2cc1C[C@H](C(=O)O)N1CC[C@H](N(c2cnc(N(C)C)s2)S(=O)O)C1=O. The van der Waals surface area contributed by atoms with Gasteiger partial charge in [-0.25, -0.2) is 23.3 Å². The van der Waals surface area contributed by atoms with Crippen LogP contribution in [0.2, 0.25) is 0 Å². The molecule has 0 radical (unpaired) electrons. The van der Waals surface area contributed by atoms with Gasteiger partial charge in [-0.3, -0.25) is 9.35 Å². The summed E-state index contributed by atoms with van der Waals surface area (Å²) in [6, 6.07) is 3.53. The number of fused-ring (bicyclic) bond motifs is 1. The van der Waals surface area contributed by atoms with Gasteiger partial charge in [0.1, 0.15) is 22.9 Å². The smallest absolute Gasteiger partial charge is 0.326 e. The lowest BCUT2D eigenvalue weighted by atomic mass is 9.94. The van der Waals surface area contributed by atoms with Crippen LogP contribution < -0.4 is 14.9 Å². The Balaban J connectivity index is 1.63.